The Morgan fingerprint density at radius 2 is 1.90 bits per heavy atom. The van der Waals surface area contributed by atoms with Crippen LogP contribution in [0.5, 0.6) is 0 Å². The highest BCUT2D eigenvalue weighted by molar-refractivity contribution is 5.93. The second kappa shape index (κ2) is 6.90. The van der Waals surface area contributed by atoms with E-state index in [4.69, 9.17) is 0 Å². The molecule has 1 aliphatic rings. The van der Waals surface area contributed by atoms with Gasteiger partial charge in [-0.1, -0.05) is 19.1 Å². The smallest absolute Gasteiger partial charge is 0.0423 e. The molecule has 2 N–H and O–H groups in total. The molecule has 1 fully saturated rings. The molecule has 1 saturated carbocycles. The molecule has 2 aromatic rings. The van der Waals surface area contributed by atoms with E-state index in [0.717, 1.165) is 12.6 Å². The number of hydrogen-bond acceptors (Lipinski definition) is 3. The molecule has 0 unspecified atom stereocenters. The van der Waals surface area contributed by atoms with Crippen LogP contribution in [0.25, 0.3) is 10.8 Å². The van der Waals surface area contributed by atoms with E-state index in [0.29, 0.717) is 6.04 Å². The number of nitrogens with zero attached hydrogens (tertiary/aromatic N) is 1. The third kappa shape index (κ3) is 3.53. The van der Waals surface area contributed by atoms with E-state index >= 15 is 0 Å². The fourth-order valence-corrected chi connectivity index (χ4v) is 3.26. The predicted octanol–water partition coefficient (Wildman–Crippen LogP) is 3.96. The molecule has 3 nitrogen and oxygen atoms in total. The Morgan fingerprint density at radius 3 is 2.71 bits per heavy atom. The van der Waals surface area contributed by atoms with Gasteiger partial charge in [0.05, 0.1) is 0 Å². The Hall–Kier alpha value is -1.61. The summed E-state index contributed by atoms with van der Waals surface area (Å²) in [6.45, 7) is 3.38. The highest BCUT2D eigenvalue weighted by atomic mass is 14.9. The number of nitrogens with one attached hydrogen (secondary N) is 2. The maximum Gasteiger partial charge on any atom is 0.0423 e. The van der Waals surface area contributed by atoms with Crippen LogP contribution >= 0.6 is 0 Å². The minimum Gasteiger partial charge on any atom is -0.382 e. The van der Waals surface area contributed by atoms with Gasteiger partial charge in [0, 0.05) is 40.9 Å². The summed E-state index contributed by atoms with van der Waals surface area (Å²) < 4.78 is 0. The van der Waals surface area contributed by atoms with E-state index in [1.807, 2.05) is 12.4 Å². The van der Waals surface area contributed by atoms with Crippen LogP contribution in [0.4, 0.5) is 5.69 Å². The van der Waals surface area contributed by atoms with Gasteiger partial charge in [0.2, 0.25) is 0 Å². The van der Waals surface area contributed by atoms with Gasteiger partial charge < -0.3 is 10.6 Å². The maximum absolute atomic E-state index is 4.20. The third-order valence-corrected chi connectivity index (χ3v) is 4.45. The Bertz CT molecular complexity index is 568. The fourth-order valence-electron chi connectivity index (χ4n) is 3.26. The first-order chi connectivity index (χ1) is 10.4. The van der Waals surface area contributed by atoms with Crippen molar-refractivity contribution in [1.82, 2.24) is 10.3 Å². The summed E-state index contributed by atoms with van der Waals surface area (Å²) in [6.07, 6.45) is 10.1. The maximum atomic E-state index is 4.20. The van der Waals surface area contributed by atoms with Crippen LogP contribution in [-0.2, 0) is 0 Å². The molecule has 1 aliphatic carbocycles. The van der Waals surface area contributed by atoms with Crippen LogP contribution in [-0.4, -0.2) is 23.6 Å². The first kappa shape index (κ1) is 14.3. The zero-order chi connectivity index (χ0) is 14.5. The van der Waals surface area contributed by atoms with Crippen molar-refractivity contribution in [2.75, 3.05) is 11.9 Å². The summed E-state index contributed by atoms with van der Waals surface area (Å²) >= 11 is 0. The Balaban J connectivity index is 1.62. The van der Waals surface area contributed by atoms with E-state index in [9.17, 15) is 0 Å². The summed E-state index contributed by atoms with van der Waals surface area (Å²) in [6, 6.07) is 9.85. The first-order valence-electron chi connectivity index (χ1n) is 8.19. The molecule has 0 spiro atoms. The predicted molar refractivity (Wildman–Crippen MR) is 89.7 cm³/mol. The zero-order valence-corrected chi connectivity index (χ0v) is 12.8. The van der Waals surface area contributed by atoms with Gasteiger partial charge in [-0.15, -0.1) is 0 Å². The molecule has 3 heteroatoms. The average Bonchev–Trinajstić information content (AvgIpc) is 2.55. The molecule has 1 heterocycles. The van der Waals surface area contributed by atoms with Gasteiger partial charge in [-0.2, -0.15) is 0 Å². The zero-order valence-electron chi connectivity index (χ0n) is 12.8. The minimum absolute atomic E-state index is 0.600. The lowest BCUT2D eigenvalue weighted by atomic mass is 9.90. The number of aromatic nitrogens is 1. The number of pyridine rings is 1. The van der Waals surface area contributed by atoms with Crippen LogP contribution in [0.3, 0.4) is 0 Å². The SMILES string of the molecule is CCCN[C@H]1CC[C@@H](Nc2cccc3cnccc23)CC1. The van der Waals surface area contributed by atoms with Crippen molar-refractivity contribution in [2.45, 2.75) is 51.1 Å². The van der Waals surface area contributed by atoms with E-state index in [1.165, 1.54) is 48.6 Å². The molecule has 0 amide bonds. The van der Waals surface area contributed by atoms with E-state index in [1.54, 1.807) is 0 Å². The standard InChI is InChI=1S/C18H25N3/c1-2-11-20-15-6-8-16(9-7-15)21-18-5-3-4-14-13-19-12-10-17(14)18/h3-5,10,12-13,15-16,20-21H,2,6-9,11H2,1H3/t15-,16+. The van der Waals surface area contributed by atoms with Gasteiger partial charge in [0.15, 0.2) is 0 Å². The van der Waals surface area contributed by atoms with Crippen LogP contribution in [0, 0.1) is 0 Å². The minimum atomic E-state index is 0.600. The van der Waals surface area contributed by atoms with Crippen molar-refractivity contribution in [2.24, 2.45) is 0 Å². The molecule has 0 atom stereocenters. The van der Waals surface area contributed by atoms with Gasteiger partial charge in [0.1, 0.15) is 0 Å². The molecule has 0 aliphatic heterocycles. The van der Waals surface area contributed by atoms with Crippen LogP contribution in [0.1, 0.15) is 39.0 Å². The molecule has 112 valence electrons. The molecular weight excluding hydrogens is 258 g/mol. The Kier molecular flexibility index (Phi) is 4.71. The largest absolute Gasteiger partial charge is 0.382 e. The summed E-state index contributed by atoms with van der Waals surface area (Å²) in [5, 5.41) is 9.88. The number of fused-ring (bicyclic) bond motifs is 1. The summed E-state index contributed by atoms with van der Waals surface area (Å²) in [5.74, 6) is 0. The molecule has 21 heavy (non-hydrogen) atoms. The van der Waals surface area contributed by atoms with Gasteiger partial charge in [-0.05, 0) is 50.8 Å². The van der Waals surface area contributed by atoms with Crippen molar-refractivity contribution in [1.29, 1.82) is 0 Å². The molecule has 1 aromatic heterocycles. The van der Waals surface area contributed by atoms with Crippen LogP contribution in [0.15, 0.2) is 36.7 Å². The van der Waals surface area contributed by atoms with Crippen molar-refractivity contribution in [3.63, 3.8) is 0 Å². The van der Waals surface area contributed by atoms with Gasteiger partial charge >= 0.3 is 0 Å². The fraction of sp³-hybridized carbons (Fsp3) is 0.500. The van der Waals surface area contributed by atoms with E-state index < -0.39 is 0 Å². The van der Waals surface area contributed by atoms with Gasteiger partial charge in [-0.3, -0.25) is 4.98 Å². The topological polar surface area (TPSA) is 37.0 Å². The Morgan fingerprint density at radius 1 is 1.10 bits per heavy atom. The van der Waals surface area contributed by atoms with Crippen molar-refractivity contribution >= 4 is 16.5 Å². The van der Waals surface area contributed by atoms with Crippen molar-refractivity contribution in [3.05, 3.63) is 36.7 Å². The monoisotopic (exact) mass is 283 g/mol. The van der Waals surface area contributed by atoms with E-state index in [-0.39, 0.29) is 0 Å². The number of anilines is 1. The number of rotatable bonds is 5. The van der Waals surface area contributed by atoms with Gasteiger partial charge in [0.25, 0.3) is 0 Å². The normalized spacial score (nSPS) is 22.3. The molecule has 0 saturated heterocycles. The summed E-state index contributed by atoms with van der Waals surface area (Å²) in [5.41, 5.74) is 1.25. The lowest BCUT2D eigenvalue weighted by molar-refractivity contribution is 0.355. The summed E-state index contributed by atoms with van der Waals surface area (Å²) in [7, 11) is 0. The average molecular weight is 283 g/mol. The second-order valence-corrected chi connectivity index (χ2v) is 6.05. The number of benzene rings is 1. The second-order valence-electron chi connectivity index (χ2n) is 6.05. The molecule has 0 radical (unpaired) electrons. The first-order valence-corrected chi connectivity index (χ1v) is 8.19. The van der Waals surface area contributed by atoms with Gasteiger partial charge in [-0.25, -0.2) is 0 Å². The highest BCUT2D eigenvalue weighted by Crippen LogP contribution is 2.27. The molecule has 3 rings (SSSR count). The van der Waals surface area contributed by atoms with E-state index in [2.05, 4.69) is 46.8 Å². The van der Waals surface area contributed by atoms with Crippen LogP contribution in [0.2, 0.25) is 0 Å². The lowest BCUT2D eigenvalue weighted by Crippen LogP contribution is -2.37. The summed E-state index contributed by atoms with van der Waals surface area (Å²) in [4.78, 5) is 4.20. The van der Waals surface area contributed by atoms with Crippen molar-refractivity contribution in [3.8, 4) is 0 Å². The van der Waals surface area contributed by atoms with Crippen molar-refractivity contribution < 1.29 is 0 Å². The lowest BCUT2D eigenvalue weighted by Gasteiger charge is -2.30. The third-order valence-electron chi connectivity index (χ3n) is 4.45. The quantitative estimate of drug-likeness (QED) is 0.872. The Labute approximate surface area is 127 Å². The van der Waals surface area contributed by atoms with Crippen LogP contribution < -0.4 is 10.6 Å². The molecule has 0 bridgehead atoms. The highest BCUT2D eigenvalue weighted by Gasteiger charge is 2.20. The number of hydrogen-bond donors (Lipinski definition) is 2. The molecular formula is C18H25N3. The molecule has 1 aromatic carbocycles.